The molecule has 0 radical (unpaired) electrons. The summed E-state index contributed by atoms with van der Waals surface area (Å²) in [5.41, 5.74) is 6.91. The first kappa shape index (κ1) is 8.72. The Kier molecular flexibility index (Phi) is 2.33. The third-order valence-corrected chi connectivity index (χ3v) is 2.68. The summed E-state index contributed by atoms with van der Waals surface area (Å²) in [5.74, 6) is 0. The minimum absolute atomic E-state index is 0.372. The van der Waals surface area contributed by atoms with Gasteiger partial charge in [-0.3, -0.25) is 5.10 Å². The lowest BCUT2D eigenvalue weighted by atomic mass is 9.87. The summed E-state index contributed by atoms with van der Waals surface area (Å²) < 4.78 is 0. The third-order valence-electron chi connectivity index (χ3n) is 2.68. The number of hydrogen-bond donors (Lipinski definition) is 3. The second-order valence-electron chi connectivity index (χ2n) is 3.85. The van der Waals surface area contributed by atoms with Crippen molar-refractivity contribution in [2.75, 3.05) is 0 Å². The van der Waals surface area contributed by atoms with Crippen molar-refractivity contribution < 1.29 is 0 Å². The van der Waals surface area contributed by atoms with Crippen molar-refractivity contribution in [3.63, 3.8) is 0 Å². The maximum absolute atomic E-state index is 5.70. The summed E-state index contributed by atoms with van der Waals surface area (Å²) in [4.78, 5) is 0. The standard InChI is InChI=1S/C9H16N4/c1-6(7-4-11-12-5-7)13-9-2-8(10)3-9/h4-6,8-9,13H,2-3,10H2,1H3,(H,11,12). The molecular formula is C9H16N4. The molecule has 1 fully saturated rings. The number of aromatic amines is 1. The van der Waals surface area contributed by atoms with Gasteiger partial charge in [0.15, 0.2) is 0 Å². The predicted molar refractivity (Wildman–Crippen MR) is 51.1 cm³/mol. The third kappa shape index (κ3) is 1.89. The zero-order valence-electron chi connectivity index (χ0n) is 7.83. The molecule has 0 amide bonds. The van der Waals surface area contributed by atoms with Gasteiger partial charge in [0.2, 0.25) is 0 Å². The predicted octanol–water partition coefficient (Wildman–Crippen LogP) is 0.550. The molecule has 0 bridgehead atoms. The van der Waals surface area contributed by atoms with E-state index in [4.69, 9.17) is 5.73 Å². The Balaban J connectivity index is 1.82. The number of nitrogens with zero attached hydrogens (tertiary/aromatic N) is 1. The molecule has 1 aliphatic rings. The largest absolute Gasteiger partial charge is 0.328 e. The van der Waals surface area contributed by atoms with Crippen LogP contribution in [0.2, 0.25) is 0 Å². The SMILES string of the molecule is CC(NC1CC(N)C1)c1cn[nH]c1. The number of rotatable bonds is 3. The molecule has 1 aromatic rings. The Labute approximate surface area is 77.9 Å². The highest BCUT2D eigenvalue weighted by atomic mass is 15.1. The Morgan fingerprint density at radius 3 is 3.00 bits per heavy atom. The molecule has 0 aromatic carbocycles. The van der Waals surface area contributed by atoms with Gasteiger partial charge in [0.1, 0.15) is 0 Å². The molecule has 1 aromatic heterocycles. The van der Waals surface area contributed by atoms with Crippen molar-refractivity contribution in [2.24, 2.45) is 5.73 Å². The topological polar surface area (TPSA) is 66.7 Å². The van der Waals surface area contributed by atoms with Crippen LogP contribution in [0.3, 0.4) is 0 Å². The van der Waals surface area contributed by atoms with Crippen molar-refractivity contribution in [3.05, 3.63) is 18.0 Å². The highest BCUT2D eigenvalue weighted by Crippen LogP contribution is 2.21. The molecule has 0 aliphatic heterocycles. The average molecular weight is 180 g/mol. The molecule has 0 spiro atoms. The number of nitrogens with two attached hydrogens (primary N) is 1. The van der Waals surface area contributed by atoms with E-state index in [1.165, 1.54) is 5.56 Å². The van der Waals surface area contributed by atoms with E-state index in [-0.39, 0.29) is 0 Å². The summed E-state index contributed by atoms with van der Waals surface area (Å²) in [6.45, 7) is 2.15. The van der Waals surface area contributed by atoms with E-state index < -0.39 is 0 Å². The Morgan fingerprint density at radius 2 is 2.46 bits per heavy atom. The first-order valence-corrected chi connectivity index (χ1v) is 4.76. The molecule has 1 atom stereocenters. The number of H-pyrrole nitrogens is 1. The van der Waals surface area contributed by atoms with E-state index in [0.29, 0.717) is 18.1 Å². The quantitative estimate of drug-likeness (QED) is 0.636. The smallest absolute Gasteiger partial charge is 0.0534 e. The number of hydrogen-bond acceptors (Lipinski definition) is 3. The zero-order valence-corrected chi connectivity index (χ0v) is 7.83. The number of aromatic nitrogens is 2. The summed E-state index contributed by atoms with van der Waals surface area (Å²) in [6.07, 6.45) is 5.98. The van der Waals surface area contributed by atoms with E-state index >= 15 is 0 Å². The van der Waals surface area contributed by atoms with Gasteiger partial charge in [-0.25, -0.2) is 0 Å². The van der Waals surface area contributed by atoms with Crippen molar-refractivity contribution in [1.29, 1.82) is 0 Å². The van der Waals surface area contributed by atoms with E-state index in [1.807, 2.05) is 12.4 Å². The Morgan fingerprint density at radius 1 is 1.69 bits per heavy atom. The molecule has 1 saturated carbocycles. The minimum Gasteiger partial charge on any atom is -0.328 e. The molecule has 0 saturated heterocycles. The Hall–Kier alpha value is -0.870. The molecule has 72 valence electrons. The van der Waals surface area contributed by atoms with Gasteiger partial charge in [-0.05, 0) is 19.8 Å². The Bertz CT molecular complexity index is 251. The van der Waals surface area contributed by atoms with Crippen LogP contribution in [-0.2, 0) is 0 Å². The van der Waals surface area contributed by atoms with Crippen LogP contribution in [0.25, 0.3) is 0 Å². The van der Waals surface area contributed by atoms with Crippen molar-refractivity contribution in [2.45, 2.75) is 37.9 Å². The first-order chi connectivity index (χ1) is 6.25. The van der Waals surface area contributed by atoms with Gasteiger partial charge in [0, 0.05) is 29.9 Å². The zero-order chi connectivity index (χ0) is 9.26. The van der Waals surface area contributed by atoms with Crippen LogP contribution >= 0.6 is 0 Å². The molecule has 1 unspecified atom stereocenters. The molecule has 4 N–H and O–H groups in total. The van der Waals surface area contributed by atoms with E-state index in [2.05, 4.69) is 22.4 Å². The maximum Gasteiger partial charge on any atom is 0.0534 e. The second-order valence-corrected chi connectivity index (χ2v) is 3.85. The number of nitrogens with one attached hydrogen (secondary N) is 2. The van der Waals surface area contributed by atoms with Crippen LogP contribution in [0.5, 0.6) is 0 Å². The van der Waals surface area contributed by atoms with Crippen molar-refractivity contribution >= 4 is 0 Å². The second kappa shape index (κ2) is 3.47. The molecular weight excluding hydrogens is 164 g/mol. The van der Waals surface area contributed by atoms with Gasteiger partial charge in [-0.1, -0.05) is 0 Å². The summed E-state index contributed by atoms with van der Waals surface area (Å²) in [6, 6.07) is 1.38. The fraction of sp³-hybridized carbons (Fsp3) is 0.667. The van der Waals surface area contributed by atoms with Gasteiger partial charge in [0.25, 0.3) is 0 Å². The van der Waals surface area contributed by atoms with Crippen molar-refractivity contribution in [3.8, 4) is 0 Å². The summed E-state index contributed by atoms with van der Waals surface area (Å²) in [5, 5.41) is 10.2. The van der Waals surface area contributed by atoms with E-state index in [1.54, 1.807) is 0 Å². The molecule has 1 aliphatic carbocycles. The lowest BCUT2D eigenvalue weighted by Crippen LogP contribution is -2.48. The van der Waals surface area contributed by atoms with Crippen LogP contribution < -0.4 is 11.1 Å². The fourth-order valence-corrected chi connectivity index (χ4v) is 1.75. The van der Waals surface area contributed by atoms with Crippen LogP contribution in [0, 0.1) is 0 Å². The van der Waals surface area contributed by atoms with E-state index in [0.717, 1.165) is 12.8 Å². The molecule has 2 rings (SSSR count). The van der Waals surface area contributed by atoms with Crippen LogP contribution in [0.1, 0.15) is 31.4 Å². The fourth-order valence-electron chi connectivity index (χ4n) is 1.75. The molecule has 1 heterocycles. The summed E-state index contributed by atoms with van der Waals surface area (Å²) >= 11 is 0. The lowest BCUT2D eigenvalue weighted by Gasteiger charge is -2.35. The van der Waals surface area contributed by atoms with Crippen LogP contribution in [-0.4, -0.2) is 22.3 Å². The first-order valence-electron chi connectivity index (χ1n) is 4.76. The average Bonchev–Trinajstić information content (AvgIpc) is 2.53. The van der Waals surface area contributed by atoms with Gasteiger partial charge >= 0.3 is 0 Å². The van der Waals surface area contributed by atoms with Gasteiger partial charge in [0.05, 0.1) is 6.20 Å². The van der Waals surface area contributed by atoms with Gasteiger partial charge in [-0.2, -0.15) is 5.10 Å². The van der Waals surface area contributed by atoms with Gasteiger partial charge < -0.3 is 11.1 Å². The lowest BCUT2D eigenvalue weighted by molar-refractivity contribution is 0.272. The van der Waals surface area contributed by atoms with Crippen LogP contribution in [0.15, 0.2) is 12.4 Å². The summed E-state index contributed by atoms with van der Waals surface area (Å²) in [7, 11) is 0. The molecule has 13 heavy (non-hydrogen) atoms. The maximum atomic E-state index is 5.70. The highest BCUT2D eigenvalue weighted by molar-refractivity contribution is 5.09. The minimum atomic E-state index is 0.372. The highest BCUT2D eigenvalue weighted by Gasteiger charge is 2.26. The molecule has 4 heteroatoms. The normalized spacial score (nSPS) is 29.7. The van der Waals surface area contributed by atoms with Gasteiger partial charge in [-0.15, -0.1) is 0 Å². The van der Waals surface area contributed by atoms with E-state index in [9.17, 15) is 0 Å². The van der Waals surface area contributed by atoms with Crippen LogP contribution in [0.4, 0.5) is 0 Å². The van der Waals surface area contributed by atoms with Crippen molar-refractivity contribution in [1.82, 2.24) is 15.5 Å². The monoisotopic (exact) mass is 180 g/mol. The molecule has 4 nitrogen and oxygen atoms in total.